The average molecular weight is 177 g/mol. The topological polar surface area (TPSA) is 80.4 Å². The zero-order chi connectivity index (χ0) is 5.86. The fourth-order valence-electron chi connectivity index (χ4n) is 0.110. The monoisotopic (exact) mass is 177 g/mol. The third kappa shape index (κ3) is 22.5. The van der Waals surface area contributed by atoms with E-state index in [0.717, 1.165) is 0 Å². The van der Waals surface area contributed by atoms with Gasteiger partial charge in [-0.2, -0.15) is 0 Å². The number of carbonyl (C=O) groups is 1. The molecule has 0 aliphatic carbocycles. The van der Waals surface area contributed by atoms with Gasteiger partial charge in [0.15, 0.2) is 0 Å². The number of hydrogen-bond acceptors (Lipinski definition) is 3. The van der Waals surface area contributed by atoms with Gasteiger partial charge in [-0.3, -0.25) is 10.1 Å². The van der Waals surface area contributed by atoms with Gasteiger partial charge in [-0.15, -0.1) is 0 Å². The molecule has 0 unspecified atom stereocenters. The van der Waals surface area contributed by atoms with E-state index in [2.05, 4.69) is 0 Å². The molecule has 5 nitrogen and oxygen atoms in total. The fourth-order valence-corrected chi connectivity index (χ4v) is 0.110. The Bertz CT molecular complexity index is 94.7. The molecule has 0 rings (SSSR count). The first-order chi connectivity index (χ1) is 3.13. The van der Waals surface area contributed by atoms with Crippen LogP contribution in [0.15, 0.2) is 0 Å². The van der Waals surface area contributed by atoms with Gasteiger partial charge in [0.2, 0.25) is 0 Å². The molecule has 46 valence electrons. The van der Waals surface area contributed by atoms with Crippen LogP contribution in [0.2, 0.25) is 0 Å². The number of hydrogen-bond donors (Lipinski definition) is 1. The zero-order valence-corrected chi connectivity index (χ0v) is 3.33. The Kier molecular flexibility index (Phi) is 30.5. The Morgan fingerprint density at radius 2 is 1.70 bits per heavy atom. The molecule has 8 heteroatoms. The van der Waals surface area contributed by atoms with E-state index in [-0.39, 0.29) is 88.7 Å². The van der Waals surface area contributed by atoms with Gasteiger partial charge >= 0.3 is 94.6 Å². The summed E-state index contributed by atoms with van der Waals surface area (Å²) in [7, 11) is 0. The van der Waals surface area contributed by atoms with Crippen molar-refractivity contribution in [3.8, 4) is 0 Å². The molecule has 0 aliphatic heterocycles. The number of carboxylic acid groups (broad SMARTS) is 1. The molecule has 0 aromatic rings. The first kappa shape index (κ1) is 22.6. The second-order valence-electron chi connectivity index (χ2n) is 0.885. The van der Waals surface area contributed by atoms with Crippen molar-refractivity contribution in [1.82, 2.24) is 0 Å². The number of rotatable bonds is 2. The number of nitrogens with zero attached hydrogens (tertiary/aromatic N) is 1. The maximum absolute atomic E-state index is 9.37. The minimum absolute atomic E-state index is 0. The zero-order valence-electron chi connectivity index (χ0n) is 3.33. The van der Waals surface area contributed by atoms with Crippen molar-refractivity contribution < 1.29 is 14.8 Å². The third-order valence-electron chi connectivity index (χ3n) is 0.264. The normalized spacial score (nSPS) is 5.60. The van der Waals surface area contributed by atoms with E-state index >= 15 is 0 Å². The van der Waals surface area contributed by atoms with Gasteiger partial charge in [0.05, 0.1) is 0 Å². The van der Waals surface area contributed by atoms with Crippen LogP contribution in [0.5, 0.6) is 0 Å². The summed E-state index contributed by atoms with van der Waals surface area (Å²) in [6, 6.07) is 0. The van der Waals surface area contributed by atoms with E-state index in [9.17, 15) is 14.9 Å². The van der Waals surface area contributed by atoms with Crippen LogP contribution in [0.25, 0.3) is 0 Å². The maximum atomic E-state index is 9.37. The van der Waals surface area contributed by atoms with E-state index in [1.165, 1.54) is 0 Å². The number of aliphatic carboxylic acids is 1. The number of nitro groups is 1. The molecule has 0 spiro atoms. The van der Waals surface area contributed by atoms with E-state index < -0.39 is 17.4 Å². The molecule has 0 aromatic heterocycles. The molecule has 0 saturated carbocycles. The van der Waals surface area contributed by atoms with Crippen molar-refractivity contribution in [2.45, 2.75) is 0 Å². The van der Waals surface area contributed by atoms with Crippen LogP contribution in [0.1, 0.15) is 0 Å². The molecular formula is C2H6NNa3O4. The van der Waals surface area contributed by atoms with Crippen molar-refractivity contribution in [3.05, 3.63) is 10.1 Å². The third-order valence-corrected chi connectivity index (χ3v) is 0.264. The molecule has 0 amide bonds. The molecule has 0 atom stereocenters. The van der Waals surface area contributed by atoms with Crippen molar-refractivity contribution in [2.24, 2.45) is 0 Å². The van der Waals surface area contributed by atoms with E-state index in [4.69, 9.17) is 5.11 Å². The van der Waals surface area contributed by atoms with E-state index in [1.807, 2.05) is 0 Å². The SMILES string of the molecule is O=C(O)C[N+](=O)[O-].[NaH].[NaH].[NaH]. The van der Waals surface area contributed by atoms with Crippen molar-refractivity contribution >= 4 is 94.6 Å². The van der Waals surface area contributed by atoms with Gasteiger partial charge < -0.3 is 5.11 Å². The predicted molar refractivity (Wildman–Crippen MR) is 40.9 cm³/mol. The Morgan fingerprint density at radius 1 is 1.40 bits per heavy atom. The Morgan fingerprint density at radius 3 is 1.70 bits per heavy atom. The van der Waals surface area contributed by atoms with Crippen LogP contribution in [0, 0.1) is 10.1 Å². The first-order valence-corrected chi connectivity index (χ1v) is 1.46. The molecule has 0 radical (unpaired) electrons. The van der Waals surface area contributed by atoms with Gasteiger partial charge in [-0.1, -0.05) is 0 Å². The van der Waals surface area contributed by atoms with Crippen molar-refractivity contribution in [2.75, 3.05) is 6.54 Å². The predicted octanol–water partition coefficient (Wildman–Crippen LogP) is -2.60. The van der Waals surface area contributed by atoms with E-state index in [1.54, 1.807) is 0 Å². The summed E-state index contributed by atoms with van der Waals surface area (Å²) in [4.78, 5) is 17.7. The summed E-state index contributed by atoms with van der Waals surface area (Å²) >= 11 is 0. The van der Waals surface area contributed by atoms with Crippen LogP contribution in [-0.4, -0.2) is 111 Å². The summed E-state index contributed by atoms with van der Waals surface area (Å²) in [5, 5.41) is 16.9. The minimum atomic E-state index is -1.41. The summed E-state index contributed by atoms with van der Waals surface area (Å²) in [6.07, 6.45) is 0. The van der Waals surface area contributed by atoms with Gasteiger partial charge in [0, 0.05) is 4.92 Å². The molecule has 0 saturated heterocycles. The molecular weight excluding hydrogens is 171 g/mol. The van der Waals surface area contributed by atoms with Gasteiger partial charge in [0.1, 0.15) is 0 Å². The fraction of sp³-hybridized carbons (Fsp3) is 0.500. The molecule has 0 aromatic carbocycles. The molecule has 0 fully saturated rings. The van der Waals surface area contributed by atoms with Crippen LogP contribution in [0.3, 0.4) is 0 Å². The summed E-state index contributed by atoms with van der Waals surface area (Å²) in [5.74, 6) is -1.41. The van der Waals surface area contributed by atoms with E-state index in [0.29, 0.717) is 0 Å². The molecule has 0 bridgehead atoms. The average Bonchev–Trinajstić information content (AvgIpc) is 1.27. The van der Waals surface area contributed by atoms with Gasteiger partial charge in [0.25, 0.3) is 6.54 Å². The van der Waals surface area contributed by atoms with Crippen LogP contribution < -0.4 is 0 Å². The van der Waals surface area contributed by atoms with Crippen LogP contribution >= 0.6 is 0 Å². The first-order valence-electron chi connectivity index (χ1n) is 1.46. The Balaban J connectivity index is -0.0000000600. The summed E-state index contributed by atoms with van der Waals surface area (Å²) in [5.41, 5.74) is 0. The van der Waals surface area contributed by atoms with Crippen LogP contribution in [0.4, 0.5) is 0 Å². The standard InChI is InChI=1S/C2H3NO4.3Na.3H/c4-2(5)1-3(6)7;;;;;;/h1H2,(H,4,5);;;;;;. The van der Waals surface area contributed by atoms with Crippen LogP contribution in [-0.2, 0) is 4.79 Å². The summed E-state index contributed by atoms with van der Waals surface area (Å²) < 4.78 is 0. The second kappa shape index (κ2) is 13.5. The second-order valence-corrected chi connectivity index (χ2v) is 0.885. The Labute approximate surface area is 124 Å². The van der Waals surface area contributed by atoms with Gasteiger partial charge in [-0.25, -0.2) is 4.79 Å². The summed E-state index contributed by atoms with van der Waals surface area (Å²) in [6.45, 7) is -1.00. The van der Waals surface area contributed by atoms with Crippen molar-refractivity contribution in [3.63, 3.8) is 0 Å². The molecule has 0 aliphatic rings. The van der Waals surface area contributed by atoms with Crippen molar-refractivity contribution in [1.29, 1.82) is 0 Å². The molecule has 0 heterocycles. The van der Waals surface area contributed by atoms with Gasteiger partial charge in [-0.05, 0) is 0 Å². The molecule has 1 N–H and O–H groups in total. The quantitative estimate of drug-likeness (QED) is 0.285. The number of carboxylic acids is 1. The Hall–Kier alpha value is 1.87. The molecule has 10 heavy (non-hydrogen) atoms.